The van der Waals surface area contributed by atoms with Crippen molar-refractivity contribution >= 4 is 10.0 Å². The Morgan fingerprint density at radius 3 is 2.33 bits per heavy atom. The Morgan fingerprint density at radius 2 is 1.74 bits per heavy atom. The van der Waals surface area contributed by atoms with Crippen LogP contribution in [0.3, 0.4) is 0 Å². The van der Waals surface area contributed by atoms with Gasteiger partial charge in [0.05, 0.1) is 11.5 Å². The Bertz CT molecular complexity index is 639. The van der Waals surface area contributed by atoms with Crippen LogP contribution in [-0.2, 0) is 10.0 Å². The largest absolute Gasteiger partial charge is 0.494 e. The van der Waals surface area contributed by atoms with Crippen molar-refractivity contribution in [3.8, 4) is 5.75 Å². The summed E-state index contributed by atoms with van der Waals surface area (Å²) >= 11 is 0. The Hall–Kier alpha value is -1.15. The molecule has 0 radical (unpaired) electrons. The molecule has 0 amide bonds. The van der Waals surface area contributed by atoms with Crippen molar-refractivity contribution in [3.05, 3.63) is 24.3 Å². The van der Waals surface area contributed by atoms with Gasteiger partial charge in [-0.1, -0.05) is 13.3 Å². The molecule has 0 atom stereocenters. The smallest absolute Gasteiger partial charge is 0.240 e. The number of benzene rings is 1. The van der Waals surface area contributed by atoms with Crippen LogP contribution in [-0.4, -0.2) is 70.1 Å². The van der Waals surface area contributed by atoms with Crippen LogP contribution in [0, 0.1) is 0 Å². The van der Waals surface area contributed by atoms with Crippen LogP contribution in [0.2, 0.25) is 0 Å². The highest BCUT2D eigenvalue weighted by Crippen LogP contribution is 2.16. The lowest BCUT2D eigenvalue weighted by Crippen LogP contribution is -2.49. The molecule has 0 aliphatic carbocycles. The number of nitrogens with zero attached hydrogens (tertiary/aromatic N) is 2. The van der Waals surface area contributed by atoms with Crippen LogP contribution in [0.4, 0.5) is 0 Å². The number of piperazine rings is 1. The van der Waals surface area contributed by atoms with Crippen molar-refractivity contribution in [2.75, 3.05) is 45.9 Å². The normalized spacial score (nSPS) is 16.7. The minimum atomic E-state index is -3.46. The second kappa shape index (κ2) is 11.0. The Morgan fingerprint density at radius 1 is 1.07 bits per heavy atom. The number of unbranched alkanes of at least 4 members (excludes halogenated alkanes) is 1. The van der Waals surface area contributed by atoms with Crippen molar-refractivity contribution < 1.29 is 13.2 Å². The first-order valence-electron chi connectivity index (χ1n) is 10.1. The zero-order chi connectivity index (χ0) is 19.7. The number of hydrogen-bond donors (Lipinski definition) is 1. The Kier molecular flexibility index (Phi) is 9.02. The van der Waals surface area contributed by atoms with Gasteiger partial charge in [-0.05, 0) is 57.5 Å². The summed E-state index contributed by atoms with van der Waals surface area (Å²) in [4.78, 5) is 5.18. The molecule has 1 aliphatic rings. The number of nitrogens with one attached hydrogen (secondary N) is 1. The molecule has 1 fully saturated rings. The fourth-order valence-electron chi connectivity index (χ4n) is 3.15. The van der Waals surface area contributed by atoms with Crippen LogP contribution in [0.25, 0.3) is 0 Å². The molecular formula is C20H35N3O3S. The Balaban J connectivity index is 1.70. The van der Waals surface area contributed by atoms with Crippen molar-refractivity contribution in [1.29, 1.82) is 0 Å². The summed E-state index contributed by atoms with van der Waals surface area (Å²) in [5.74, 6) is 0.711. The van der Waals surface area contributed by atoms with Crippen LogP contribution in [0.15, 0.2) is 29.2 Å². The van der Waals surface area contributed by atoms with Crippen molar-refractivity contribution in [2.45, 2.75) is 51.0 Å². The molecule has 2 rings (SSSR count). The summed E-state index contributed by atoms with van der Waals surface area (Å²) < 4.78 is 33.1. The van der Waals surface area contributed by atoms with Crippen LogP contribution in [0.5, 0.6) is 5.75 Å². The molecule has 1 heterocycles. The summed E-state index contributed by atoms with van der Waals surface area (Å²) in [6.45, 7) is 12.9. The molecule has 7 heteroatoms. The van der Waals surface area contributed by atoms with Crippen molar-refractivity contribution in [3.63, 3.8) is 0 Å². The van der Waals surface area contributed by atoms with Gasteiger partial charge in [0.1, 0.15) is 5.75 Å². The van der Waals surface area contributed by atoms with Crippen LogP contribution >= 0.6 is 0 Å². The van der Waals surface area contributed by atoms with Gasteiger partial charge < -0.3 is 9.64 Å². The predicted molar refractivity (Wildman–Crippen MR) is 110 cm³/mol. The van der Waals surface area contributed by atoms with E-state index in [0.717, 1.165) is 52.0 Å². The third-order valence-corrected chi connectivity index (χ3v) is 6.46. The summed E-state index contributed by atoms with van der Waals surface area (Å²) in [6.07, 6.45) is 2.89. The first kappa shape index (κ1) is 22.1. The van der Waals surface area contributed by atoms with Crippen molar-refractivity contribution in [2.24, 2.45) is 0 Å². The minimum Gasteiger partial charge on any atom is -0.494 e. The van der Waals surface area contributed by atoms with Gasteiger partial charge in [0.25, 0.3) is 0 Å². The fourth-order valence-corrected chi connectivity index (χ4v) is 4.22. The van der Waals surface area contributed by atoms with Gasteiger partial charge in [0.15, 0.2) is 0 Å². The van der Waals surface area contributed by atoms with Crippen LogP contribution in [0.1, 0.15) is 40.0 Å². The lowest BCUT2D eigenvalue weighted by Gasteiger charge is -2.36. The Labute approximate surface area is 164 Å². The highest BCUT2D eigenvalue weighted by molar-refractivity contribution is 7.89. The molecule has 27 heavy (non-hydrogen) atoms. The maximum Gasteiger partial charge on any atom is 0.240 e. The second-order valence-corrected chi connectivity index (χ2v) is 9.16. The van der Waals surface area contributed by atoms with Gasteiger partial charge in [0.2, 0.25) is 10.0 Å². The van der Waals surface area contributed by atoms with E-state index in [0.29, 0.717) is 24.9 Å². The molecule has 6 nitrogen and oxygen atoms in total. The average molecular weight is 398 g/mol. The predicted octanol–water partition coefficient (Wildman–Crippen LogP) is 2.56. The van der Waals surface area contributed by atoms with E-state index in [-0.39, 0.29) is 4.90 Å². The standard InChI is InChI=1S/C20H35N3O3S/c1-4-5-17-26-19-7-9-20(10-8-19)27(24,25)21-11-6-12-22-13-15-23(16-14-22)18(2)3/h7-10,18,21H,4-6,11-17H2,1-3H3. The summed E-state index contributed by atoms with van der Waals surface area (Å²) in [5, 5.41) is 0. The molecule has 0 bridgehead atoms. The summed E-state index contributed by atoms with van der Waals surface area (Å²) in [5.41, 5.74) is 0. The first-order valence-corrected chi connectivity index (χ1v) is 11.6. The molecular weight excluding hydrogens is 362 g/mol. The quantitative estimate of drug-likeness (QED) is 0.582. The van der Waals surface area contributed by atoms with Gasteiger partial charge in [-0.2, -0.15) is 0 Å². The SMILES string of the molecule is CCCCOc1ccc(S(=O)(=O)NCCCN2CCN(C(C)C)CC2)cc1. The number of rotatable bonds is 11. The van der Waals surface area contributed by atoms with E-state index in [2.05, 4.69) is 35.3 Å². The number of hydrogen-bond acceptors (Lipinski definition) is 5. The average Bonchev–Trinajstić information content (AvgIpc) is 2.66. The number of ether oxygens (including phenoxy) is 1. The minimum absolute atomic E-state index is 0.288. The van der Waals surface area contributed by atoms with Gasteiger partial charge >= 0.3 is 0 Å². The highest BCUT2D eigenvalue weighted by Gasteiger charge is 2.18. The lowest BCUT2D eigenvalue weighted by atomic mass is 10.2. The van der Waals surface area contributed by atoms with Gasteiger partial charge in [-0.15, -0.1) is 0 Å². The highest BCUT2D eigenvalue weighted by atomic mass is 32.2. The third-order valence-electron chi connectivity index (χ3n) is 4.98. The van der Waals surface area contributed by atoms with E-state index >= 15 is 0 Å². The molecule has 1 N–H and O–H groups in total. The fraction of sp³-hybridized carbons (Fsp3) is 0.700. The van der Waals surface area contributed by atoms with E-state index in [9.17, 15) is 8.42 Å². The number of sulfonamides is 1. The van der Waals surface area contributed by atoms with E-state index in [4.69, 9.17) is 4.74 Å². The first-order chi connectivity index (χ1) is 12.9. The second-order valence-electron chi connectivity index (χ2n) is 7.40. The molecule has 154 valence electrons. The lowest BCUT2D eigenvalue weighted by molar-refractivity contribution is 0.108. The maximum absolute atomic E-state index is 12.4. The van der Waals surface area contributed by atoms with E-state index < -0.39 is 10.0 Å². The summed E-state index contributed by atoms with van der Waals surface area (Å²) in [7, 11) is -3.46. The van der Waals surface area contributed by atoms with Gasteiger partial charge in [0, 0.05) is 38.8 Å². The molecule has 1 aromatic carbocycles. The van der Waals surface area contributed by atoms with Crippen LogP contribution < -0.4 is 9.46 Å². The molecule has 0 saturated carbocycles. The van der Waals surface area contributed by atoms with Gasteiger partial charge in [-0.25, -0.2) is 13.1 Å². The molecule has 1 saturated heterocycles. The zero-order valence-electron chi connectivity index (χ0n) is 17.0. The monoisotopic (exact) mass is 397 g/mol. The van der Waals surface area contributed by atoms with E-state index in [1.807, 2.05) is 0 Å². The van der Waals surface area contributed by atoms with Crippen molar-refractivity contribution in [1.82, 2.24) is 14.5 Å². The molecule has 0 aromatic heterocycles. The molecule has 0 spiro atoms. The van der Waals surface area contributed by atoms with E-state index in [1.54, 1.807) is 24.3 Å². The van der Waals surface area contributed by atoms with Gasteiger partial charge in [-0.3, -0.25) is 4.90 Å². The van der Waals surface area contributed by atoms with E-state index in [1.165, 1.54) is 0 Å². The topological polar surface area (TPSA) is 61.9 Å². The maximum atomic E-state index is 12.4. The zero-order valence-corrected chi connectivity index (χ0v) is 17.8. The molecule has 1 aromatic rings. The summed E-state index contributed by atoms with van der Waals surface area (Å²) in [6, 6.07) is 7.25. The molecule has 1 aliphatic heterocycles. The third kappa shape index (κ3) is 7.41. The molecule has 0 unspecified atom stereocenters.